The van der Waals surface area contributed by atoms with Crippen molar-refractivity contribution >= 4 is 21.7 Å². The van der Waals surface area contributed by atoms with Gasteiger partial charge in [0, 0.05) is 6.20 Å². The van der Waals surface area contributed by atoms with E-state index in [4.69, 9.17) is 4.74 Å². The number of ether oxygens (including phenoxy) is 1. The van der Waals surface area contributed by atoms with Crippen molar-refractivity contribution in [2.75, 3.05) is 7.11 Å². The van der Waals surface area contributed by atoms with Gasteiger partial charge in [-0.2, -0.15) is 5.10 Å². The largest absolute Gasteiger partial charge is 0.497 e. The monoisotopic (exact) mass is 326 g/mol. The van der Waals surface area contributed by atoms with E-state index in [9.17, 15) is 9.18 Å². The highest BCUT2D eigenvalue weighted by Gasteiger charge is 2.17. The molecular weight excluding hydrogens is 315 g/mol. The molecule has 6 heteroatoms. The summed E-state index contributed by atoms with van der Waals surface area (Å²) in [6.45, 7) is 0.510. The highest BCUT2D eigenvalue weighted by atomic mass is 79.9. The molecule has 0 aliphatic heterocycles. The standard InChI is InChI=1S/C13H12BrFN2O2/c1-19-11-4-2-9(3-5-11)7-17-8-10(6-16-17)12(18)13(14)15/h2-6,8,13H,7H2,1H3. The minimum absolute atomic E-state index is 0.248. The zero-order chi connectivity index (χ0) is 13.8. The Bertz CT molecular complexity index is 566. The lowest BCUT2D eigenvalue weighted by molar-refractivity contribution is 0.0942. The molecule has 2 aromatic rings. The molecule has 0 bridgehead atoms. The van der Waals surface area contributed by atoms with E-state index in [0.29, 0.717) is 6.54 Å². The van der Waals surface area contributed by atoms with Crippen molar-refractivity contribution in [2.45, 2.75) is 11.6 Å². The Morgan fingerprint density at radius 3 is 2.74 bits per heavy atom. The van der Waals surface area contributed by atoms with E-state index in [1.165, 1.54) is 12.4 Å². The number of nitrogens with zero attached hydrogens (tertiary/aromatic N) is 2. The van der Waals surface area contributed by atoms with Gasteiger partial charge in [0.15, 0.2) is 0 Å². The Morgan fingerprint density at radius 2 is 2.16 bits per heavy atom. The molecule has 1 unspecified atom stereocenters. The lowest BCUT2D eigenvalue weighted by atomic mass is 10.2. The molecule has 0 saturated carbocycles. The average molecular weight is 327 g/mol. The molecule has 1 aromatic carbocycles. The third-order valence-corrected chi connectivity index (χ3v) is 3.04. The van der Waals surface area contributed by atoms with E-state index in [1.807, 2.05) is 24.3 Å². The smallest absolute Gasteiger partial charge is 0.217 e. The summed E-state index contributed by atoms with van der Waals surface area (Å²) in [5, 5.41) is 2.35. The number of hydrogen-bond donors (Lipinski definition) is 0. The normalized spacial score (nSPS) is 12.2. The minimum atomic E-state index is -1.69. The summed E-state index contributed by atoms with van der Waals surface area (Å²) in [5.41, 5.74) is 1.26. The first-order chi connectivity index (χ1) is 9.10. The van der Waals surface area contributed by atoms with Gasteiger partial charge in [0.1, 0.15) is 5.75 Å². The van der Waals surface area contributed by atoms with E-state index in [2.05, 4.69) is 21.0 Å². The summed E-state index contributed by atoms with van der Waals surface area (Å²) in [7, 11) is 1.61. The Balaban J connectivity index is 2.09. The van der Waals surface area contributed by atoms with Crippen LogP contribution < -0.4 is 4.74 Å². The summed E-state index contributed by atoms with van der Waals surface area (Å²) >= 11 is 2.60. The van der Waals surface area contributed by atoms with Crippen molar-refractivity contribution in [3.05, 3.63) is 47.8 Å². The summed E-state index contributed by atoms with van der Waals surface area (Å²) in [4.78, 5) is 11.4. The Kier molecular flexibility index (Phi) is 4.31. The van der Waals surface area contributed by atoms with Gasteiger partial charge < -0.3 is 4.74 Å². The first-order valence-electron chi connectivity index (χ1n) is 5.58. The van der Waals surface area contributed by atoms with Crippen molar-refractivity contribution < 1.29 is 13.9 Å². The number of carbonyl (C=O) groups is 1. The molecule has 0 aliphatic rings. The predicted molar refractivity (Wildman–Crippen MR) is 72.5 cm³/mol. The minimum Gasteiger partial charge on any atom is -0.497 e. The van der Waals surface area contributed by atoms with Crippen LogP contribution in [0, 0.1) is 0 Å². The van der Waals surface area contributed by atoms with E-state index >= 15 is 0 Å². The molecular formula is C13H12BrFN2O2. The second kappa shape index (κ2) is 5.97. The molecule has 0 aliphatic carbocycles. The SMILES string of the molecule is COc1ccc(Cn2cc(C(=O)C(F)Br)cn2)cc1. The topological polar surface area (TPSA) is 44.1 Å². The van der Waals surface area contributed by atoms with Gasteiger partial charge in [-0.05, 0) is 33.6 Å². The number of carbonyl (C=O) groups excluding carboxylic acids is 1. The number of benzene rings is 1. The number of methoxy groups -OCH3 is 1. The molecule has 0 radical (unpaired) electrons. The first kappa shape index (κ1) is 13.7. The fourth-order valence-electron chi connectivity index (χ4n) is 1.62. The molecule has 4 nitrogen and oxygen atoms in total. The zero-order valence-corrected chi connectivity index (χ0v) is 11.8. The molecule has 0 N–H and O–H groups in total. The van der Waals surface area contributed by atoms with Crippen molar-refractivity contribution in [3.63, 3.8) is 0 Å². The molecule has 1 aromatic heterocycles. The van der Waals surface area contributed by atoms with Gasteiger partial charge in [-0.3, -0.25) is 9.48 Å². The van der Waals surface area contributed by atoms with Crippen LogP contribution in [0.15, 0.2) is 36.7 Å². The van der Waals surface area contributed by atoms with Gasteiger partial charge in [-0.25, -0.2) is 4.39 Å². The molecule has 0 fully saturated rings. The third kappa shape index (κ3) is 3.41. The van der Waals surface area contributed by atoms with Gasteiger partial charge in [-0.15, -0.1) is 0 Å². The van der Waals surface area contributed by atoms with Crippen LogP contribution in [0.3, 0.4) is 0 Å². The van der Waals surface area contributed by atoms with Crippen molar-refractivity contribution in [3.8, 4) is 5.75 Å². The van der Waals surface area contributed by atoms with Crippen molar-refractivity contribution in [1.29, 1.82) is 0 Å². The van der Waals surface area contributed by atoms with Crippen molar-refractivity contribution in [2.24, 2.45) is 0 Å². The number of rotatable bonds is 5. The fraction of sp³-hybridized carbons (Fsp3) is 0.231. The molecule has 0 saturated heterocycles. The van der Waals surface area contributed by atoms with E-state index in [1.54, 1.807) is 11.8 Å². The summed E-state index contributed by atoms with van der Waals surface area (Å²) in [6.07, 6.45) is 2.89. The van der Waals surface area contributed by atoms with Crippen LogP contribution in [0.1, 0.15) is 15.9 Å². The second-order valence-corrected chi connectivity index (χ2v) is 4.74. The van der Waals surface area contributed by atoms with E-state index in [-0.39, 0.29) is 5.56 Å². The van der Waals surface area contributed by atoms with E-state index in [0.717, 1.165) is 11.3 Å². The number of aromatic nitrogens is 2. The van der Waals surface area contributed by atoms with Crippen LogP contribution in [-0.2, 0) is 6.54 Å². The maximum Gasteiger partial charge on any atom is 0.217 e. The first-order valence-corrected chi connectivity index (χ1v) is 6.49. The summed E-state index contributed by atoms with van der Waals surface area (Å²) in [6, 6.07) is 7.51. The van der Waals surface area contributed by atoms with Crippen LogP contribution in [0.2, 0.25) is 0 Å². The van der Waals surface area contributed by atoms with E-state index < -0.39 is 10.9 Å². The fourth-order valence-corrected chi connectivity index (χ4v) is 1.89. The van der Waals surface area contributed by atoms with Crippen LogP contribution >= 0.6 is 15.9 Å². The lowest BCUT2D eigenvalue weighted by Gasteiger charge is -2.03. The molecule has 1 heterocycles. The molecule has 2 rings (SSSR count). The molecule has 19 heavy (non-hydrogen) atoms. The van der Waals surface area contributed by atoms with Crippen LogP contribution in [-0.4, -0.2) is 27.8 Å². The van der Waals surface area contributed by atoms with Gasteiger partial charge in [0.05, 0.1) is 25.4 Å². The quantitative estimate of drug-likeness (QED) is 0.627. The van der Waals surface area contributed by atoms with Gasteiger partial charge in [0.25, 0.3) is 0 Å². The zero-order valence-electron chi connectivity index (χ0n) is 10.2. The Hall–Kier alpha value is -1.69. The second-order valence-electron chi connectivity index (χ2n) is 3.94. The molecule has 1 atom stereocenters. The number of hydrogen-bond acceptors (Lipinski definition) is 3. The van der Waals surface area contributed by atoms with Gasteiger partial charge in [-0.1, -0.05) is 12.1 Å². The Labute approximate surface area is 118 Å². The lowest BCUT2D eigenvalue weighted by Crippen LogP contribution is -2.07. The van der Waals surface area contributed by atoms with Gasteiger partial charge >= 0.3 is 0 Å². The number of Topliss-reactive ketones (excluding diaryl/α,β-unsaturated/α-hetero) is 1. The summed E-state index contributed by atoms with van der Waals surface area (Å²) in [5.74, 6) is 0.153. The number of halogens is 2. The van der Waals surface area contributed by atoms with Crippen LogP contribution in [0.25, 0.3) is 0 Å². The Morgan fingerprint density at radius 1 is 1.47 bits per heavy atom. The molecule has 100 valence electrons. The summed E-state index contributed by atoms with van der Waals surface area (Å²) < 4.78 is 19.5. The number of alkyl halides is 2. The van der Waals surface area contributed by atoms with Crippen molar-refractivity contribution in [1.82, 2.24) is 9.78 Å². The highest BCUT2D eigenvalue weighted by molar-refractivity contribution is 9.09. The molecule has 0 amide bonds. The molecule has 0 spiro atoms. The van der Waals surface area contributed by atoms with Gasteiger partial charge in [0.2, 0.25) is 10.9 Å². The average Bonchev–Trinajstić information content (AvgIpc) is 2.87. The van der Waals surface area contributed by atoms with Crippen LogP contribution in [0.5, 0.6) is 5.75 Å². The predicted octanol–water partition coefficient (Wildman–Crippen LogP) is 2.81. The highest BCUT2D eigenvalue weighted by Crippen LogP contribution is 2.14. The maximum absolute atomic E-state index is 12.8. The third-order valence-electron chi connectivity index (χ3n) is 2.62. The number of ketones is 1. The maximum atomic E-state index is 12.8. The van der Waals surface area contributed by atoms with Crippen LogP contribution in [0.4, 0.5) is 4.39 Å².